The molecule has 0 fully saturated rings. The van der Waals surface area contributed by atoms with E-state index >= 15 is 0 Å². The molecular weight excluding hydrogens is 336 g/mol. The largest absolute Gasteiger partial charge is 0.330 e. The van der Waals surface area contributed by atoms with Crippen molar-refractivity contribution >= 4 is 23.1 Å². The van der Waals surface area contributed by atoms with Gasteiger partial charge in [0.1, 0.15) is 12.4 Å². The molecule has 0 amide bonds. The van der Waals surface area contributed by atoms with Gasteiger partial charge in [0.2, 0.25) is 0 Å². The number of hydrogen-bond donors (Lipinski definition) is 2. The van der Waals surface area contributed by atoms with Gasteiger partial charge < -0.3 is 5.73 Å². The van der Waals surface area contributed by atoms with Gasteiger partial charge in [-0.2, -0.15) is 0 Å². The summed E-state index contributed by atoms with van der Waals surface area (Å²) in [6.07, 6.45) is 1.10. The van der Waals surface area contributed by atoms with Crippen LogP contribution in [0.4, 0.5) is 0 Å². The normalized spacial score (nSPS) is 15.0. The summed E-state index contributed by atoms with van der Waals surface area (Å²) >= 11 is 6.12. The number of hydroxylamine groups is 2. The van der Waals surface area contributed by atoms with Gasteiger partial charge in [0.05, 0.1) is 11.1 Å². The first kappa shape index (κ1) is 19.1. The predicted molar refractivity (Wildman–Crippen MR) is 102 cm³/mol. The maximum absolute atomic E-state index is 10.5. The van der Waals surface area contributed by atoms with Gasteiger partial charge in [0.15, 0.2) is 0 Å². The first-order chi connectivity index (χ1) is 12.1. The molecule has 1 aliphatic rings. The third kappa shape index (κ3) is 4.89. The minimum Gasteiger partial charge on any atom is -0.330 e. The maximum Gasteiger partial charge on any atom is 0.145 e. The van der Waals surface area contributed by atoms with Gasteiger partial charge in [-0.05, 0) is 31.2 Å². The fourth-order valence-electron chi connectivity index (χ4n) is 2.34. The van der Waals surface area contributed by atoms with Crippen molar-refractivity contribution in [3.63, 3.8) is 0 Å². The molecule has 0 radical (unpaired) electrons. The molecule has 0 aliphatic carbocycles. The first-order valence-corrected chi connectivity index (χ1v) is 8.54. The third-order valence-electron chi connectivity index (χ3n) is 3.61. The van der Waals surface area contributed by atoms with Gasteiger partial charge in [-0.25, -0.2) is 10.1 Å². The summed E-state index contributed by atoms with van der Waals surface area (Å²) in [6.45, 7) is 3.10. The van der Waals surface area contributed by atoms with E-state index in [1.807, 2.05) is 42.5 Å². The average molecular weight is 359 g/mol. The Labute approximate surface area is 152 Å². The molecule has 1 heterocycles. The Kier molecular flexibility index (Phi) is 7.13. The van der Waals surface area contributed by atoms with Crippen LogP contribution < -0.4 is 16.3 Å². The summed E-state index contributed by atoms with van der Waals surface area (Å²) < 4.78 is 0. The average Bonchev–Trinajstić information content (AvgIpc) is 2.77. The molecule has 2 aromatic carbocycles. The molecule has 0 aromatic heterocycles. The second-order valence-corrected chi connectivity index (χ2v) is 5.91. The molecule has 25 heavy (non-hydrogen) atoms. The van der Waals surface area contributed by atoms with Crippen LogP contribution in [0.15, 0.2) is 58.5 Å². The molecule has 3 rings (SSSR count). The molecule has 0 saturated heterocycles. The Morgan fingerprint density at radius 1 is 1.24 bits per heavy atom. The summed E-state index contributed by atoms with van der Waals surface area (Å²) in [5, 5.41) is 13.8. The van der Waals surface area contributed by atoms with Gasteiger partial charge >= 0.3 is 0 Å². The molecule has 1 aliphatic heterocycles. The van der Waals surface area contributed by atoms with Crippen molar-refractivity contribution in [1.82, 2.24) is 5.06 Å². The Hall–Kier alpha value is -2.21. The standard InChI is InChI=1S/C16H14ClN3O.C3H9N/c1-18-15-10-20(21)16(11-5-3-2-4-6-11)13-9-12(17)7-8-14(13)19-15;1-2-3-4/h2-9,21H,10H2,1H3;2-4H2,1H3. The summed E-state index contributed by atoms with van der Waals surface area (Å²) in [7, 11) is 1.66. The number of aliphatic imine (C=N–C) groups is 1. The van der Waals surface area contributed by atoms with Gasteiger partial charge in [-0.1, -0.05) is 48.9 Å². The highest BCUT2D eigenvalue weighted by Crippen LogP contribution is 2.15. The minimum atomic E-state index is 0.229. The van der Waals surface area contributed by atoms with Crippen molar-refractivity contribution in [3.05, 3.63) is 69.7 Å². The molecule has 0 atom stereocenters. The smallest absolute Gasteiger partial charge is 0.145 e. The Morgan fingerprint density at radius 3 is 2.52 bits per heavy atom. The van der Waals surface area contributed by atoms with Crippen LogP contribution in [0.25, 0.3) is 5.70 Å². The lowest BCUT2D eigenvalue weighted by Gasteiger charge is -2.19. The highest BCUT2D eigenvalue weighted by molar-refractivity contribution is 6.30. The van der Waals surface area contributed by atoms with Crippen molar-refractivity contribution in [3.8, 4) is 0 Å². The van der Waals surface area contributed by atoms with Crippen LogP contribution >= 0.6 is 11.6 Å². The van der Waals surface area contributed by atoms with Crippen molar-refractivity contribution in [2.75, 3.05) is 20.1 Å². The summed E-state index contributed by atoms with van der Waals surface area (Å²) in [5.74, 6) is 0.562. The molecule has 0 unspecified atom stereocenters. The SMILES string of the molecule is CCCN.CN=C1CN(O)C(c2ccccc2)=c2cc(Cl)ccc2=N1. The van der Waals surface area contributed by atoms with E-state index in [-0.39, 0.29) is 6.54 Å². The van der Waals surface area contributed by atoms with Crippen LogP contribution in [-0.4, -0.2) is 36.2 Å². The van der Waals surface area contributed by atoms with Crippen molar-refractivity contribution in [2.45, 2.75) is 13.3 Å². The van der Waals surface area contributed by atoms with E-state index in [4.69, 9.17) is 17.3 Å². The Balaban J connectivity index is 0.000000511. The Morgan fingerprint density at radius 2 is 1.92 bits per heavy atom. The lowest BCUT2D eigenvalue weighted by Crippen LogP contribution is -2.31. The lowest BCUT2D eigenvalue weighted by atomic mass is 10.1. The monoisotopic (exact) mass is 358 g/mol. The number of benzene rings is 2. The first-order valence-electron chi connectivity index (χ1n) is 8.16. The number of nitrogens with two attached hydrogens (primary N) is 1. The summed E-state index contributed by atoms with van der Waals surface area (Å²) in [5.41, 5.74) is 6.60. The molecule has 0 saturated carbocycles. The zero-order chi connectivity index (χ0) is 18.2. The second kappa shape index (κ2) is 9.32. The quantitative estimate of drug-likeness (QED) is 0.864. The fraction of sp³-hybridized carbons (Fsp3) is 0.263. The number of rotatable bonds is 2. The van der Waals surface area contributed by atoms with Crippen LogP contribution in [-0.2, 0) is 0 Å². The number of amidine groups is 1. The van der Waals surface area contributed by atoms with Crippen LogP contribution in [0, 0.1) is 0 Å². The zero-order valence-corrected chi connectivity index (χ0v) is 15.2. The third-order valence-corrected chi connectivity index (χ3v) is 3.84. The van der Waals surface area contributed by atoms with Crippen LogP contribution in [0.3, 0.4) is 0 Å². The Bertz CT molecular complexity index is 847. The van der Waals surface area contributed by atoms with Gasteiger partial charge in [-0.15, -0.1) is 0 Å². The number of halogens is 1. The second-order valence-electron chi connectivity index (χ2n) is 5.47. The van der Waals surface area contributed by atoms with E-state index < -0.39 is 0 Å². The highest BCUT2D eigenvalue weighted by Gasteiger charge is 2.17. The minimum absolute atomic E-state index is 0.229. The van der Waals surface area contributed by atoms with Crippen molar-refractivity contribution < 1.29 is 5.21 Å². The number of hydrogen-bond acceptors (Lipinski definition) is 4. The number of fused-ring (bicyclic) bond motifs is 1. The van der Waals surface area contributed by atoms with Crippen LogP contribution in [0.2, 0.25) is 5.02 Å². The van der Waals surface area contributed by atoms with E-state index in [1.165, 1.54) is 5.06 Å². The van der Waals surface area contributed by atoms with Crippen LogP contribution in [0.5, 0.6) is 0 Å². The lowest BCUT2D eigenvalue weighted by molar-refractivity contribution is -0.0119. The molecule has 6 heteroatoms. The summed E-state index contributed by atoms with van der Waals surface area (Å²) in [4.78, 5) is 8.60. The predicted octanol–water partition coefficient (Wildman–Crippen LogP) is 2.20. The summed E-state index contributed by atoms with van der Waals surface area (Å²) in [6, 6.07) is 15.1. The van der Waals surface area contributed by atoms with Gasteiger partial charge in [-0.3, -0.25) is 10.2 Å². The molecule has 5 nitrogen and oxygen atoms in total. The van der Waals surface area contributed by atoms with Crippen LogP contribution in [0.1, 0.15) is 18.9 Å². The van der Waals surface area contributed by atoms with E-state index in [2.05, 4.69) is 16.9 Å². The number of nitrogens with zero attached hydrogens (tertiary/aromatic N) is 3. The molecule has 132 valence electrons. The topological polar surface area (TPSA) is 74.2 Å². The zero-order valence-electron chi connectivity index (χ0n) is 14.5. The maximum atomic E-state index is 10.5. The van der Waals surface area contributed by atoms with E-state index in [0.29, 0.717) is 16.6 Å². The molecule has 3 N–H and O–H groups in total. The van der Waals surface area contributed by atoms with Gasteiger partial charge in [0, 0.05) is 22.9 Å². The van der Waals surface area contributed by atoms with Gasteiger partial charge in [0.25, 0.3) is 0 Å². The molecular formula is C19H23ClN4O. The highest BCUT2D eigenvalue weighted by atomic mass is 35.5. The molecule has 0 bridgehead atoms. The van der Waals surface area contributed by atoms with Crippen molar-refractivity contribution in [2.24, 2.45) is 15.7 Å². The molecule has 0 spiro atoms. The van der Waals surface area contributed by atoms with Crippen molar-refractivity contribution in [1.29, 1.82) is 0 Å². The molecule has 2 aromatic rings. The van der Waals surface area contributed by atoms with E-state index in [9.17, 15) is 5.21 Å². The van der Waals surface area contributed by atoms with E-state index in [1.54, 1.807) is 13.1 Å². The fourth-order valence-corrected chi connectivity index (χ4v) is 2.52. The van der Waals surface area contributed by atoms with E-state index in [0.717, 1.165) is 29.1 Å².